The summed E-state index contributed by atoms with van der Waals surface area (Å²) in [7, 11) is 0. The second-order valence-electron chi connectivity index (χ2n) is 8.66. The molecule has 2 fully saturated rings. The maximum Gasteiger partial charge on any atom is 0.178 e. The van der Waals surface area contributed by atoms with E-state index in [4.69, 9.17) is 19.5 Å². The summed E-state index contributed by atoms with van der Waals surface area (Å²) >= 11 is 0. The molecule has 0 aromatic heterocycles. The van der Waals surface area contributed by atoms with Crippen molar-refractivity contribution in [1.29, 1.82) is 5.26 Å². The van der Waals surface area contributed by atoms with Gasteiger partial charge in [-0.05, 0) is 54.7 Å². The van der Waals surface area contributed by atoms with Gasteiger partial charge < -0.3 is 14.2 Å². The summed E-state index contributed by atoms with van der Waals surface area (Å²) in [5.74, 6) is 0.515. The van der Waals surface area contributed by atoms with Crippen LogP contribution < -0.4 is 0 Å². The molecule has 0 unspecified atom stereocenters. The van der Waals surface area contributed by atoms with Crippen LogP contribution in [0.25, 0.3) is 0 Å². The highest BCUT2D eigenvalue weighted by atomic mass is 16.7. The van der Waals surface area contributed by atoms with Crippen molar-refractivity contribution in [3.05, 3.63) is 59.7 Å². The Balaban J connectivity index is 1.50. The second kappa shape index (κ2) is 8.83. The minimum atomic E-state index is -0.559. The molecule has 2 aliphatic carbocycles. The van der Waals surface area contributed by atoms with Crippen LogP contribution in [0.2, 0.25) is 0 Å². The van der Waals surface area contributed by atoms with Crippen molar-refractivity contribution in [3.63, 3.8) is 0 Å². The van der Waals surface area contributed by atoms with E-state index in [1.54, 1.807) is 6.08 Å². The lowest BCUT2D eigenvalue weighted by molar-refractivity contribution is -0.267. The van der Waals surface area contributed by atoms with E-state index in [0.29, 0.717) is 38.3 Å². The maximum absolute atomic E-state index is 9.11. The van der Waals surface area contributed by atoms with Crippen LogP contribution in [0.3, 0.4) is 0 Å². The van der Waals surface area contributed by atoms with Gasteiger partial charge in [-0.2, -0.15) is 5.26 Å². The van der Waals surface area contributed by atoms with Crippen molar-refractivity contribution in [2.24, 2.45) is 17.3 Å². The molecule has 1 aromatic rings. The van der Waals surface area contributed by atoms with Crippen molar-refractivity contribution >= 4 is 0 Å². The predicted octanol–water partition coefficient (Wildman–Crippen LogP) is 5.17. The first-order chi connectivity index (χ1) is 14.2. The van der Waals surface area contributed by atoms with Gasteiger partial charge in [0.25, 0.3) is 0 Å². The number of rotatable bonds is 7. The summed E-state index contributed by atoms with van der Waals surface area (Å²) in [5, 5.41) is 9.11. The molecule has 0 radical (unpaired) electrons. The van der Waals surface area contributed by atoms with Gasteiger partial charge in [-0.25, -0.2) is 0 Å². The fourth-order valence-corrected chi connectivity index (χ4v) is 5.86. The van der Waals surface area contributed by atoms with Gasteiger partial charge >= 0.3 is 0 Å². The Kier molecular flexibility index (Phi) is 6.20. The average Bonchev–Trinajstić information content (AvgIpc) is 3.33. The first-order valence-corrected chi connectivity index (χ1v) is 10.9. The molecule has 4 heteroatoms. The van der Waals surface area contributed by atoms with E-state index < -0.39 is 5.79 Å². The van der Waals surface area contributed by atoms with E-state index in [2.05, 4.69) is 31.2 Å². The van der Waals surface area contributed by atoms with Crippen LogP contribution in [-0.4, -0.2) is 25.6 Å². The summed E-state index contributed by atoms with van der Waals surface area (Å²) in [4.78, 5) is 0. The van der Waals surface area contributed by atoms with Crippen LogP contribution in [0.15, 0.2) is 54.1 Å². The fraction of sp³-hybridized carbons (Fsp3) is 0.560. The third kappa shape index (κ3) is 3.80. The number of ether oxygens (including phenoxy) is 3. The zero-order valence-electron chi connectivity index (χ0n) is 17.3. The van der Waals surface area contributed by atoms with E-state index in [1.165, 1.54) is 17.6 Å². The van der Waals surface area contributed by atoms with Crippen molar-refractivity contribution in [2.45, 2.75) is 51.4 Å². The number of benzene rings is 1. The van der Waals surface area contributed by atoms with E-state index >= 15 is 0 Å². The lowest BCUT2D eigenvalue weighted by Gasteiger charge is -2.54. The molecule has 0 amide bonds. The van der Waals surface area contributed by atoms with E-state index in [-0.39, 0.29) is 5.41 Å². The van der Waals surface area contributed by atoms with Crippen LogP contribution in [0.5, 0.6) is 0 Å². The highest BCUT2D eigenvalue weighted by molar-refractivity contribution is 5.38. The largest absolute Gasteiger partial charge is 0.377 e. The summed E-state index contributed by atoms with van der Waals surface area (Å²) in [5.41, 5.74) is 2.24. The Morgan fingerprint density at radius 1 is 1.24 bits per heavy atom. The molecule has 1 spiro atoms. The molecule has 1 aromatic carbocycles. The first kappa shape index (κ1) is 20.3. The lowest BCUT2D eigenvalue weighted by Crippen LogP contribution is -2.57. The summed E-state index contributed by atoms with van der Waals surface area (Å²) in [6, 6.07) is 12.5. The van der Waals surface area contributed by atoms with Crippen molar-refractivity contribution in [3.8, 4) is 6.07 Å². The molecule has 29 heavy (non-hydrogen) atoms. The van der Waals surface area contributed by atoms with Crippen LogP contribution in [0.1, 0.15) is 44.6 Å². The highest BCUT2D eigenvalue weighted by Crippen LogP contribution is 2.64. The zero-order valence-corrected chi connectivity index (χ0v) is 17.3. The quantitative estimate of drug-likeness (QED) is 0.474. The number of fused-ring (bicyclic) bond motifs is 2. The number of hydrogen-bond donors (Lipinski definition) is 0. The second-order valence-corrected chi connectivity index (χ2v) is 8.66. The van der Waals surface area contributed by atoms with Gasteiger partial charge in [0, 0.05) is 19.1 Å². The Morgan fingerprint density at radius 2 is 2.03 bits per heavy atom. The zero-order chi connectivity index (χ0) is 20.2. The minimum Gasteiger partial charge on any atom is -0.377 e. The summed E-state index contributed by atoms with van der Waals surface area (Å²) in [6.07, 6.45) is 11.0. The smallest absolute Gasteiger partial charge is 0.178 e. The van der Waals surface area contributed by atoms with Crippen LogP contribution in [0.4, 0.5) is 0 Å². The third-order valence-corrected chi connectivity index (χ3v) is 6.88. The van der Waals surface area contributed by atoms with Crippen molar-refractivity contribution < 1.29 is 14.2 Å². The van der Waals surface area contributed by atoms with Crippen molar-refractivity contribution in [1.82, 2.24) is 0 Å². The molecule has 0 bridgehead atoms. The molecule has 3 aliphatic rings. The monoisotopic (exact) mass is 393 g/mol. The van der Waals surface area contributed by atoms with Crippen molar-refractivity contribution in [2.75, 3.05) is 19.8 Å². The topological polar surface area (TPSA) is 51.5 Å². The van der Waals surface area contributed by atoms with Gasteiger partial charge in [0.2, 0.25) is 0 Å². The Bertz CT molecular complexity index is 788. The minimum absolute atomic E-state index is 0.181. The lowest BCUT2D eigenvalue weighted by atomic mass is 9.56. The number of nitrogens with zero attached hydrogens (tertiary/aromatic N) is 1. The molecule has 0 N–H and O–H groups in total. The average molecular weight is 394 g/mol. The van der Waals surface area contributed by atoms with Gasteiger partial charge in [0.15, 0.2) is 5.79 Å². The van der Waals surface area contributed by atoms with Crippen LogP contribution in [0, 0.1) is 28.6 Å². The number of hydrogen-bond acceptors (Lipinski definition) is 4. The molecule has 4 nitrogen and oxygen atoms in total. The van der Waals surface area contributed by atoms with Gasteiger partial charge in [-0.3, -0.25) is 0 Å². The fourth-order valence-electron chi connectivity index (χ4n) is 5.86. The van der Waals surface area contributed by atoms with Crippen LogP contribution >= 0.6 is 0 Å². The molecule has 1 saturated carbocycles. The molecular weight excluding hydrogens is 362 g/mol. The van der Waals surface area contributed by atoms with Gasteiger partial charge in [-0.1, -0.05) is 43.3 Å². The van der Waals surface area contributed by atoms with Gasteiger partial charge in [0.1, 0.15) is 0 Å². The Hall–Kier alpha value is -1.93. The molecule has 1 saturated heterocycles. The molecule has 1 heterocycles. The first-order valence-electron chi connectivity index (χ1n) is 10.9. The molecular formula is C25H31NO3. The maximum atomic E-state index is 9.11. The molecule has 1 aliphatic heterocycles. The summed E-state index contributed by atoms with van der Waals surface area (Å²) in [6.45, 7) is 4.97. The molecule has 4 rings (SSSR count). The standard InChI is InChI=1S/C25H31NO3/c1-20-17-23-11-10-22(9-5-13-26)24(23,25(18-20)28-15-16-29-25)12-6-14-27-19-21-7-3-2-4-8-21/h2-5,7-10,20,23H,6,11-12,14-19H2,1H3/t20-,23-,24-/m1/s1. The molecule has 154 valence electrons. The Morgan fingerprint density at radius 3 is 2.79 bits per heavy atom. The normalized spacial score (nSPS) is 30.4. The predicted molar refractivity (Wildman–Crippen MR) is 112 cm³/mol. The number of allylic oxidation sites excluding steroid dienone is 3. The Labute approximate surface area is 174 Å². The summed E-state index contributed by atoms with van der Waals surface area (Å²) < 4.78 is 18.7. The number of nitriles is 1. The van der Waals surface area contributed by atoms with E-state index in [9.17, 15) is 0 Å². The van der Waals surface area contributed by atoms with Gasteiger partial charge in [0.05, 0.1) is 31.3 Å². The highest BCUT2D eigenvalue weighted by Gasteiger charge is 2.64. The molecule has 3 atom stereocenters. The SMILES string of the molecule is C[C@@H]1C[C@H]2CC=C(C=CC#N)[C@@]2(CCCOCc2ccccc2)C2(C1)OCCO2. The van der Waals surface area contributed by atoms with E-state index in [0.717, 1.165) is 25.7 Å². The third-order valence-electron chi connectivity index (χ3n) is 6.88. The van der Waals surface area contributed by atoms with E-state index in [1.807, 2.05) is 24.3 Å². The van der Waals surface area contributed by atoms with Gasteiger partial charge in [-0.15, -0.1) is 0 Å². The van der Waals surface area contributed by atoms with Crippen LogP contribution in [-0.2, 0) is 20.8 Å².